The number of ketones is 1. The van der Waals surface area contributed by atoms with Gasteiger partial charge >= 0.3 is 12.1 Å². The molecule has 19 heavy (non-hydrogen) atoms. The number of rotatable bonds is 4. The lowest BCUT2D eigenvalue weighted by atomic mass is 10.1. The molecule has 1 aromatic rings. The number of benzene rings is 1. The van der Waals surface area contributed by atoms with Crippen LogP contribution in [0.25, 0.3) is 0 Å². The second-order valence-electron chi connectivity index (χ2n) is 3.53. The van der Waals surface area contributed by atoms with Crippen LogP contribution in [0.4, 0.5) is 13.2 Å². The standard InChI is InChI=1S/C13H11F3O3/c1-2-19-12(18)7-6-11(17)9-4-3-5-10(8-9)13(14,15)16/h3-8H,2H2,1H3/b7-6+. The van der Waals surface area contributed by atoms with Gasteiger partial charge in [0.25, 0.3) is 0 Å². The fourth-order valence-corrected chi connectivity index (χ4v) is 1.28. The predicted octanol–water partition coefficient (Wildman–Crippen LogP) is 3.01. The Balaban J connectivity index is 2.86. The van der Waals surface area contributed by atoms with Gasteiger partial charge in [-0.05, 0) is 25.1 Å². The van der Waals surface area contributed by atoms with Gasteiger partial charge in [-0.3, -0.25) is 4.79 Å². The number of carbonyl (C=O) groups excluding carboxylic acids is 2. The van der Waals surface area contributed by atoms with Crippen LogP contribution in [0.15, 0.2) is 36.4 Å². The monoisotopic (exact) mass is 272 g/mol. The molecular formula is C13H11F3O3. The van der Waals surface area contributed by atoms with E-state index in [1.807, 2.05) is 0 Å². The summed E-state index contributed by atoms with van der Waals surface area (Å²) in [7, 11) is 0. The molecular weight excluding hydrogens is 261 g/mol. The molecule has 0 bridgehead atoms. The first-order valence-electron chi connectivity index (χ1n) is 5.41. The van der Waals surface area contributed by atoms with Gasteiger partial charge in [-0.2, -0.15) is 13.2 Å². The van der Waals surface area contributed by atoms with Crippen LogP contribution in [0.1, 0.15) is 22.8 Å². The van der Waals surface area contributed by atoms with Crippen molar-refractivity contribution in [1.82, 2.24) is 0 Å². The highest BCUT2D eigenvalue weighted by Gasteiger charge is 2.30. The van der Waals surface area contributed by atoms with Crippen LogP contribution in [0.2, 0.25) is 0 Å². The summed E-state index contributed by atoms with van der Waals surface area (Å²) in [5, 5.41) is 0. The maximum absolute atomic E-state index is 12.4. The molecule has 1 rings (SSSR count). The zero-order valence-electron chi connectivity index (χ0n) is 10.0. The second kappa shape index (κ2) is 6.17. The molecule has 0 radical (unpaired) electrons. The molecule has 0 saturated heterocycles. The lowest BCUT2D eigenvalue weighted by Gasteiger charge is -2.06. The number of ether oxygens (including phenoxy) is 1. The van der Waals surface area contributed by atoms with Crippen molar-refractivity contribution in [3.63, 3.8) is 0 Å². The van der Waals surface area contributed by atoms with Gasteiger partial charge in [0.2, 0.25) is 0 Å². The molecule has 0 aliphatic carbocycles. The van der Waals surface area contributed by atoms with E-state index in [0.717, 1.165) is 30.4 Å². The smallest absolute Gasteiger partial charge is 0.416 e. The Morgan fingerprint density at radius 2 is 1.95 bits per heavy atom. The Labute approximate surface area is 107 Å². The Morgan fingerprint density at radius 3 is 2.53 bits per heavy atom. The summed E-state index contributed by atoms with van der Waals surface area (Å²) in [4.78, 5) is 22.5. The molecule has 0 saturated carbocycles. The van der Waals surface area contributed by atoms with Crippen molar-refractivity contribution in [3.05, 3.63) is 47.5 Å². The zero-order chi connectivity index (χ0) is 14.5. The number of alkyl halides is 3. The van der Waals surface area contributed by atoms with Gasteiger partial charge in [-0.25, -0.2) is 4.79 Å². The molecule has 0 aliphatic heterocycles. The lowest BCUT2D eigenvalue weighted by molar-refractivity contribution is -0.138. The predicted molar refractivity (Wildman–Crippen MR) is 61.5 cm³/mol. The van der Waals surface area contributed by atoms with Crippen LogP contribution in [0.3, 0.4) is 0 Å². The fourth-order valence-electron chi connectivity index (χ4n) is 1.28. The number of esters is 1. The van der Waals surface area contributed by atoms with Crippen molar-refractivity contribution in [1.29, 1.82) is 0 Å². The molecule has 0 fully saturated rings. The number of allylic oxidation sites excluding steroid dienone is 1. The molecule has 0 atom stereocenters. The molecule has 102 valence electrons. The van der Waals surface area contributed by atoms with Crippen LogP contribution < -0.4 is 0 Å². The van der Waals surface area contributed by atoms with Gasteiger partial charge in [-0.15, -0.1) is 0 Å². The first-order valence-corrected chi connectivity index (χ1v) is 5.41. The first-order chi connectivity index (χ1) is 8.84. The third-order valence-corrected chi connectivity index (χ3v) is 2.13. The quantitative estimate of drug-likeness (QED) is 0.480. The van der Waals surface area contributed by atoms with Crippen molar-refractivity contribution < 1.29 is 27.5 Å². The summed E-state index contributed by atoms with van der Waals surface area (Å²) in [6.07, 6.45) is -2.75. The van der Waals surface area contributed by atoms with E-state index in [9.17, 15) is 22.8 Å². The van der Waals surface area contributed by atoms with Crippen LogP contribution in [-0.2, 0) is 15.7 Å². The molecule has 6 heteroatoms. The summed E-state index contributed by atoms with van der Waals surface area (Å²) in [6.45, 7) is 1.75. The van der Waals surface area contributed by atoms with Crippen molar-refractivity contribution >= 4 is 11.8 Å². The van der Waals surface area contributed by atoms with Crippen molar-refractivity contribution in [2.24, 2.45) is 0 Å². The molecule has 3 nitrogen and oxygen atoms in total. The average Bonchev–Trinajstić information content (AvgIpc) is 2.35. The summed E-state index contributed by atoms with van der Waals surface area (Å²) >= 11 is 0. The van der Waals surface area contributed by atoms with Crippen molar-refractivity contribution in [3.8, 4) is 0 Å². The van der Waals surface area contributed by atoms with Crippen LogP contribution in [-0.4, -0.2) is 18.4 Å². The highest BCUT2D eigenvalue weighted by molar-refractivity contribution is 6.07. The van der Waals surface area contributed by atoms with Crippen LogP contribution >= 0.6 is 0 Å². The first kappa shape index (κ1) is 14.9. The Bertz CT molecular complexity index is 504. The largest absolute Gasteiger partial charge is 0.463 e. The summed E-state index contributed by atoms with van der Waals surface area (Å²) < 4.78 is 41.9. The van der Waals surface area contributed by atoms with Crippen molar-refractivity contribution in [2.45, 2.75) is 13.1 Å². The molecule has 0 unspecified atom stereocenters. The highest BCUT2D eigenvalue weighted by Crippen LogP contribution is 2.29. The van der Waals surface area contributed by atoms with E-state index in [1.54, 1.807) is 6.92 Å². The lowest BCUT2D eigenvalue weighted by Crippen LogP contribution is -2.07. The normalized spacial score (nSPS) is 11.6. The second-order valence-corrected chi connectivity index (χ2v) is 3.53. The van der Waals surface area contributed by atoms with Gasteiger partial charge in [0, 0.05) is 11.6 Å². The van der Waals surface area contributed by atoms with Gasteiger partial charge < -0.3 is 4.74 Å². The Morgan fingerprint density at radius 1 is 1.26 bits per heavy atom. The number of halogens is 3. The highest BCUT2D eigenvalue weighted by atomic mass is 19.4. The number of carbonyl (C=O) groups is 2. The van der Waals surface area contributed by atoms with E-state index in [4.69, 9.17) is 0 Å². The molecule has 0 spiro atoms. The fraction of sp³-hybridized carbons (Fsp3) is 0.231. The van der Waals surface area contributed by atoms with Gasteiger partial charge in [-0.1, -0.05) is 12.1 Å². The number of hydrogen-bond acceptors (Lipinski definition) is 3. The van der Waals surface area contributed by atoms with Gasteiger partial charge in [0.05, 0.1) is 12.2 Å². The Hall–Kier alpha value is -2.11. The SMILES string of the molecule is CCOC(=O)/C=C/C(=O)c1cccc(C(F)(F)F)c1. The molecule has 0 heterocycles. The molecule has 0 amide bonds. The zero-order valence-corrected chi connectivity index (χ0v) is 10.0. The average molecular weight is 272 g/mol. The van der Waals surface area contributed by atoms with E-state index in [2.05, 4.69) is 4.74 Å². The molecule has 0 N–H and O–H groups in total. The van der Waals surface area contributed by atoms with E-state index in [0.29, 0.717) is 0 Å². The van der Waals surface area contributed by atoms with Crippen LogP contribution in [0, 0.1) is 0 Å². The van der Waals surface area contributed by atoms with Crippen LogP contribution in [0.5, 0.6) is 0 Å². The third-order valence-electron chi connectivity index (χ3n) is 2.13. The van der Waals surface area contributed by atoms with Crippen molar-refractivity contribution in [2.75, 3.05) is 6.61 Å². The molecule has 0 aromatic heterocycles. The Kier molecular flexibility index (Phi) is 4.86. The van der Waals surface area contributed by atoms with Gasteiger partial charge in [0.1, 0.15) is 0 Å². The molecule has 0 aliphatic rings. The number of hydrogen-bond donors (Lipinski definition) is 0. The van der Waals surface area contributed by atoms with E-state index in [1.165, 1.54) is 6.07 Å². The molecule has 1 aromatic carbocycles. The van der Waals surface area contributed by atoms with E-state index in [-0.39, 0.29) is 12.2 Å². The minimum Gasteiger partial charge on any atom is -0.463 e. The topological polar surface area (TPSA) is 43.4 Å². The third kappa shape index (κ3) is 4.57. The minimum absolute atomic E-state index is 0.143. The maximum Gasteiger partial charge on any atom is 0.416 e. The summed E-state index contributed by atoms with van der Waals surface area (Å²) in [5.41, 5.74) is -1.06. The summed E-state index contributed by atoms with van der Waals surface area (Å²) in [5.74, 6) is -1.41. The minimum atomic E-state index is -4.51. The van der Waals surface area contributed by atoms with E-state index >= 15 is 0 Å². The van der Waals surface area contributed by atoms with E-state index < -0.39 is 23.5 Å². The van der Waals surface area contributed by atoms with Gasteiger partial charge in [0.15, 0.2) is 5.78 Å². The summed E-state index contributed by atoms with van der Waals surface area (Å²) in [6, 6.07) is 3.98. The maximum atomic E-state index is 12.4.